The first-order valence-electron chi connectivity index (χ1n) is 10.0. The maximum Gasteiger partial charge on any atom is 0.258 e. The molecular weight excluding hydrogens is 384 g/mol. The number of anilines is 2. The quantitative estimate of drug-likeness (QED) is 0.450. The number of para-hydroxylation sites is 1. The molecule has 2 amide bonds. The van der Waals surface area contributed by atoms with Gasteiger partial charge in [-0.2, -0.15) is 0 Å². The van der Waals surface area contributed by atoms with Gasteiger partial charge >= 0.3 is 0 Å². The molecule has 4 aromatic carbocycles. The number of carbonyl (C=O) groups excluding carboxylic acids is 2. The van der Waals surface area contributed by atoms with E-state index in [1.165, 1.54) is 0 Å². The van der Waals surface area contributed by atoms with Crippen molar-refractivity contribution in [3.8, 4) is 11.1 Å². The number of carbonyl (C=O) groups is 2. The predicted octanol–water partition coefficient (Wildman–Crippen LogP) is 5.88. The standard InChI is InChI=1S/C27H22N2O2/c1-29(25-10-6-3-7-11-25)27(31)23-16-18-24(19-17-23)28-26(30)22-14-12-21(13-15-22)20-8-4-2-5-9-20/h2-19H,1H3,(H,28,30). The number of nitrogens with one attached hydrogen (secondary N) is 1. The Labute approximate surface area is 181 Å². The summed E-state index contributed by atoms with van der Waals surface area (Å²) in [7, 11) is 1.74. The van der Waals surface area contributed by atoms with Gasteiger partial charge in [0.05, 0.1) is 0 Å². The normalized spacial score (nSPS) is 10.4. The Hall–Kier alpha value is -4.18. The van der Waals surface area contributed by atoms with Crippen LogP contribution >= 0.6 is 0 Å². The highest BCUT2D eigenvalue weighted by atomic mass is 16.2. The van der Waals surface area contributed by atoms with Crippen LogP contribution in [0.2, 0.25) is 0 Å². The Bertz CT molecular complexity index is 1170. The van der Waals surface area contributed by atoms with Crippen LogP contribution in [0.25, 0.3) is 11.1 Å². The van der Waals surface area contributed by atoms with Gasteiger partial charge in [0.1, 0.15) is 0 Å². The molecule has 1 N–H and O–H groups in total. The van der Waals surface area contributed by atoms with Crippen LogP contribution in [0.15, 0.2) is 109 Å². The highest BCUT2D eigenvalue weighted by Gasteiger charge is 2.13. The summed E-state index contributed by atoms with van der Waals surface area (Å²) < 4.78 is 0. The molecule has 0 aliphatic carbocycles. The van der Waals surface area contributed by atoms with E-state index in [1.54, 1.807) is 36.2 Å². The predicted molar refractivity (Wildman–Crippen MR) is 125 cm³/mol. The lowest BCUT2D eigenvalue weighted by Gasteiger charge is -2.17. The van der Waals surface area contributed by atoms with Crippen molar-refractivity contribution < 1.29 is 9.59 Å². The van der Waals surface area contributed by atoms with Gasteiger partial charge < -0.3 is 10.2 Å². The van der Waals surface area contributed by atoms with Gasteiger partial charge in [0.2, 0.25) is 0 Å². The fourth-order valence-corrected chi connectivity index (χ4v) is 3.31. The average molecular weight is 406 g/mol. The van der Waals surface area contributed by atoms with E-state index in [0.717, 1.165) is 16.8 Å². The number of nitrogens with zero attached hydrogens (tertiary/aromatic N) is 1. The number of rotatable bonds is 5. The molecule has 0 spiro atoms. The fraction of sp³-hybridized carbons (Fsp3) is 0.0370. The van der Waals surface area contributed by atoms with E-state index in [2.05, 4.69) is 5.32 Å². The fourth-order valence-electron chi connectivity index (χ4n) is 3.31. The van der Waals surface area contributed by atoms with Gasteiger partial charge in [-0.3, -0.25) is 9.59 Å². The number of benzene rings is 4. The molecule has 0 saturated heterocycles. The second kappa shape index (κ2) is 9.09. The first-order chi connectivity index (χ1) is 15.1. The monoisotopic (exact) mass is 406 g/mol. The Balaban J connectivity index is 1.42. The van der Waals surface area contributed by atoms with E-state index in [-0.39, 0.29) is 11.8 Å². The van der Waals surface area contributed by atoms with Gasteiger partial charge in [0.15, 0.2) is 0 Å². The van der Waals surface area contributed by atoms with Crippen LogP contribution < -0.4 is 10.2 Å². The van der Waals surface area contributed by atoms with E-state index in [9.17, 15) is 9.59 Å². The summed E-state index contributed by atoms with van der Waals surface area (Å²) in [5.74, 6) is -0.305. The van der Waals surface area contributed by atoms with E-state index in [4.69, 9.17) is 0 Å². The van der Waals surface area contributed by atoms with Crippen LogP contribution in [-0.2, 0) is 0 Å². The van der Waals surface area contributed by atoms with Gasteiger partial charge in [0, 0.05) is 29.5 Å². The molecule has 4 nitrogen and oxygen atoms in total. The van der Waals surface area contributed by atoms with E-state index >= 15 is 0 Å². The van der Waals surface area contributed by atoms with Crippen LogP contribution in [0.3, 0.4) is 0 Å². The van der Waals surface area contributed by atoms with Gasteiger partial charge in [-0.15, -0.1) is 0 Å². The molecule has 4 heteroatoms. The van der Waals surface area contributed by atoms with Crippen LogP contribution in [0.5, 0.6) is 0 Å². The number of hydrogen-bond acceptors (Lipinski definition) is 2. The molecule has 0 heterocycles. The number of hydrogen-bond donors (Lipinski definition) is 1. The summed E-state index contributed by atoms with van der Waals surface area (Å²) in [6, 6.07) is 33.9. The summed E-state index contributed by atoms with van der Waals surface area (Å²) >= 11 is 0. The van der Waals surface area contributed by atoms with Crippen molar-refractivity contribution in [2.45, 2.75) is 0 Å². The minimum absolute atomic E-state index is 0.111. The molecule has 0 saturated carbocycles. The highest BCUT2D eigenvalue weighted by Crippen LogP contribution is 2.20. The summed E-state index contributed by atoms with van der Waals surface area (Å²) in [4.78, 5) is 26.9. The van der Waals surface area contributed by atoms with Crippen LogP contribution in [-0.4, -0.2) is 18.9 Å². The van der Waals surface area contributed by atoms with Crippen molar-refractivity contribution in [3.63, 3.8) is 0 Å². The van der Waals surface area contributed by atoms with Crippen molar-refractivity contribution in [3.05, 3.63) is 120 Å². The molecule has 0 aromatic heterocycles. The molecule has 31 heavy (non-hydrogen) atoms. The summed E-state index contributed by atoms with van der Waals surface area (Å²) in [6.45, 7) is 0. The van der Waals surface area contributed by atoms with Crippen molar-refractivity contribution in [1.29, 1.82) is 0 Å². The summed E-state index contributed by atoms with van der Waals surface area (Å²) in [5, 5.41) is 2.88. The molecule has 0 unspecified atom stereocenters. The van der Waals surface area contributed by atoms with Crippen molar-refractivity contribution >= 4 is 23.2 Å². The molecule has 0 atom stereocenters. The van der Waals surface area contributed by atoms with Gasteiger partial charge in [-0.05, 0) is 59.7 Å². The molecule has 0 aliphatic rings. The SMILES string of the molecule is CN(C(=O)c1ccc(NC(=O)c2ccc(-c3ccccc3)cc2)cc1)c1ccccc1. The maximum atomic E-state index is 12.7. The molecule has 4 aromatic rings. The van der Waals surface area contributed by atoms with Crippen molar-refractivity contribution in [2.75, 3.05) is 17.3 Å². The minimum Gasteiger partial charge on any atom is -0.322 e. The Morgan fingerprint density at radius 2 is 1.13 bits per heavy atom. The van der Waals surface area contributed by atoms with Crippen molar-refractivity contribution in [2.24, 2.45) is 0 Å². The summed E-state index contributed by atoms with van der Waals surface area (Å²) in [5.41, 5.74) is 4.75. The first-order valence-corrected chi connectivity index (χ1v) is 10.0. The maximum absolute atomic E-state index is 12.7. The Kier molecular flexibility index (Phi) is 5.90. The zero-order chi connectivity index (χ0) is 21.6. The van der Waals surface area contributed by atoms with E-state index in [1.807, 2.05) is 84.9 Å². The zero-order valence-electron chi connectivity index (χ0n) is 17.2. The Morgan fingerprint density at radius 1 is 0.613 bits per heavy atom. The highest BCUT2D eigenvalue weighted by molar-refractivity contribution is 6.07. The molecule has 0 radical (unpaired) electrons. The second-order valence-electron chi connectivity index (χ2n) is 7.17. The van der Waals surface area contributed by atoms with Crippen molar-refractivity contribution in [1.82, 2.24) is 0 Å². The smallest absolute Gasteiger partial charge is 0.258 e. The first kappa shape index (κ1) is 20.1. The largest absolute Gasteiger partial charge is 0.322 e. The third-order valence-corrected chi connectivity index (χ3v) is 5.09. The molecule has 0 bridgehead atoms. The molecule has 4 rings (SSSR count). The van der Waals surface area contributed by atoms with Crippen LogP contribution in [0, 0.1) is 0 Å². The van der Waals surface area contributed by atoms with Crippen LogP contribution in [0.4, 0.5) is 11.4 Å². The Morgan fingerprint density at radius 3 is 1.74 bits per heavy atom. The minimum atomic E-state index is -0.194. The lowest BCUT2D eigenvalue weighted by molar-refractivity contribution is 0.0991. The molecular formula is C27H22N2O2. The molecule has 0 fully saturated rings. The third kappa shape index (κ3) is 4.70. The van der Waals surface area contributed by atoms with Gasteiger partial charge in [0.25, 0.3) is 11.8 Å². The topological polar surface area (TPSA) is 49.4 Å². The average Bonchev–Trinajstić information content (AvgIpc) is 2.85. The van der Waals surface area contributed by atoms with E-state index < -0.39 is 0 Å². The van der Waals surface area contributed by atoms with Gasteiger partial charge in [-0.25, -0.2) is 0 Å². The molecule has 0 aliphatic heterocycles. The zero-order valence-corrected chi connectivity index (χ0v) is 17.2. The molecule has 152 valence electrons. The van der Waals surface area contributed by atoms with E-state index in [0.29, 0.717) is 16.8 Å². The lowest BCUT2D eigenvalue weighted by atomic mass is 10.0. The third-order valence-electron chi connectivity index (χ3n) is 5.09. The second-order valence-corrected chi connectivity index (χ2v) is 7.17. The van der Waals surface area contributed by atoms with Gasteiger partial charge in [-0.1, -0.05) is 60.7 Å². The number of amides is 2. The lowest BCUT2D eigenvalue weighted by Crippen LogP contribution is -2.26. The van der Waals surface area contributed by atoms with Crippen LogP contribution in [0.1, 0.15) is 20.7 Å². The summed E-state index contributed by atoms with van der Waals surface area (Å²) in [6.07, 6.45) is 0.